The van der Waals surface area contributed by atoms with Gasteiger partial charge in [-0.3, -0.25) is 4.90 Å². The van der Waals surface area contributed by atoms with E-state index < -0.39 is 0 Å². The van der Waals surface area contributed by atoms with Crippen LogP contribution in [0.25, 0.3) is 0 Å². The molecule has 3 heteroatoms. The molecule has 0 aliphatic heterocycles. The van der Waals surface area contributed by atoms with Gasteiger partial charge >= 0.3 is 0 Å². The van der Waals surface area contributed by atoms with Gasteiger partial charge in [0.1, 0.15) is 12.4 Å². The van der Waals surface area contributed by atoms with Crippen molar-refractivity contribution < 1.29 is 4.74 Å². The van der Waals surface area contributed by atoms with Crippen LogP contribution in [0.1, 0.15) is 19.4 Å². The molecule has 1 rings (SSSR count). The molecule has 0 spiro atoms. The van der Waals surface area contributed by atoms with Crippen LogP contribution in [-0.2, 0) is 6.54 Å². The van der Waals surface area contributed by atoms with Crippen LogP contribution < -0.4 is 10.1 Å². The summed E-state index contributed by atoms with van der Waals surface area (Å²) < 4.78 is 5.80. The van der Waals surface area contributed by atoms with E-state index in [9.17, 15) is 0 Å². The lowest BCUT2D eigenvalue weighted by Crippen LogP contribution is -2.28. The fourth-order valence-corrected chi connectivity index (χ4v) is 1.87. The molecule has 0 aliphatic rings. The normalized spacial score (nSPS) is 10.7. The van der Waals surface area contributed by atoms with Crippen LogP contribution in [-0.4, -0.2) is 37.7 Å². The zero-order valence-electron chi connectivity index (χ0n) is 12.2. The molecule has 0 aromatic heterocycles. The smallest absolute Gasteiger partial charge is 0.119 e. The van der Waals surface area contributed by atoms with Gasteiger partial charge in [-0.25, -0.2) is 0 Å². The second kappa shape index (κ2) is 9.59. The lowest BCUT2D eigenvalue weighted by molar-refractivity contribution is 0.229. The molecule has 0 heterocycles. The number of hydrogen-bond acceptors (Lipinski definition) is 3. The lowest BCUT2D eigenvalue weighted by atomic mass is 10.2. The van der Waals surface area contributed by atoms with E-state index in [1.54, 1.807) is 0 Å². The Balaban J connectivity index is 2.37. The topological polar surface area (TPSA) is 24.5 Å². The number of nitrogens with one attached hydrogen (secondary N) is 1. The van der Waals surface area contributed by atoms with Crippen molar-refractivity contribution in [2.24, 2.45) is 0 Å². The quantitative estimate of drug-likeness (QED) is 0.656. The van der Waals surface area contributed by atoms with Crippen molar-refractivity contribution >= 4 is 0 Å². The van der Waals surface area contributed by atoms with Crippen molar-refractivity contribution in [2.45, 2.75) is 20.4 Å². The van der Waals surface area contributed by atoms with Crippen molar-refractivity contribution in [3.63, 3.8) is 0 Å². The van der Waals surface area contributed by atoms with Gasteiger partial charge in [-0.05, 0) is 30.8 Å². The second-order valence-electron chi connectivity index (χ2n) is 4.46. The number of likely N-dealkylation sites (N-methyl/N-ethyl adjacent to an activating group) is 1. The lowest BCUT2D eigenvalue weighted by Gasteiger charge is -2.18. The molecule has 0 saturated heterocycles. The molecule has 1 aromatic rings. The van der Waals surface area contributed by atoms with Crippen LogP contribution in [0, 0.1) is 0 Å². The molecule has 1 N–H and O–H groups in total. The molecule has 0 radical (unpaired) electrons. The first-order valence-corrected chi connectivity index (χ1v) is 7.05. The number of nitrogens with zero attached hydrogens (tertiary/aromatic N) is 1. The van der Waals surface area contributed by atoms with E-state index in [2.05, 4.69) is 42.8 Å². The molecule has 19 heavy (non-hydrogen) atoms. The van der Waals surface area contributed by atoms with E-state index in [4.69, 9.17) is 4.74 Å². The summed E-state index contributed by atoms with van der Waals surface area (Å²) in [6.45, 7) is 13.5. The monoisotopic (exact) mass is 262 g/mol. The average molecular weight is 262 g/mol. The van der Waals surface area contributed by atoms with Gasteiger partial charge in [-0.1, -0.05) is 32.1 Å². The summed E-state index contributed by atoms with van der Waals surface area (Å²) in [5, 5.41) is 3.32. The van der Waals surface area contributed by atoms with Crippen molar-refractivity contribution in [2.75, 3.05) is 32.8 Å². The molecule has 0 amide bonds. The molecule has 0 saturated carbocycles. The number of rotatable bonds is 10. The maximum absolute atomic E-state index is 5.80. The fourth-order valence-electron chi connectivity index (χ4n) is 1.87. The number of hydrogen-bond donors (Lipinski definition) is 1. The van der Waals surface area contributed by atoms with E-state index in [1.807, 2.05) is 18.2 Å². The summed E-state index contributed by atoms with van der Waals surface area (Å²) in [6, 6.07) is 8.28. The minimum absolute atomic E-state index is 0.715. The Morgan fingerprint density at radius 2 is 2.21 bits per heavy atom. The highest BCUT2D eigenvalue weighted by molar-refractivity contribution is 5.28. The first-order valence-electron chi connectivity index (χ1n) is 7.05. The van der Waals surface area contributed by atoms with E-state index >= 15 is 0 Å². The zero-order chi connectivity index (χ0) is 13.9. The first kappa shape index (κ1) is 15.7. The highest BCUT2D eigenvalue weighted by Crippen LogP contribution is 2.13. The van der Waals surface area contributed by atoms with Gasteiger partial charge in [0.25, 0.3) is 0 Å². The Kier molecular flexibility index (Phi) is 7.94. The third kappa shape index (κ3) is 6.41. The summed E-state index contributed by atoms with van der Waals surface area (Å²) in [6.07, 6.45) is 1.93. The Morgan fingerprint density at radius 3 is 2.89 bits per heavy atom. The highest BCUT2D eigenvalue weighted by atomic mass is 16.5. The van der Waals surface area contributed by atoms with Gasteiger partial charge in [-0.15, -0.1) is 6.58 Å². The number of ether oxygens (including phenoxy) is 1. The van der Waals surface area contributed by atoms with Gasteiger partial charge < -0.3 is 10.1 Å². The molecule has 1 aromatic carbocycles. The van der Waals surface area contributed by atoms with Crippen LogP contribution in [0.2, 0.25) is 0 Å². The SMILES string of the molecule is C=CCN(CC)CCOc1cccc(CNCC)c1. The third-order valence-corrected chi connectivity index (χ3v) is 2.99. The minimum Gasteiger partial charge on any atom is -0.492 e. The van der Waals surface area contributed by atoms with Crippen LogP contribution in [0.15, 0.2) is 36.9 Å². The van der Waals surface area contributed by atoms with Crippen LogP contribution in [0.4, 0.5) is 0 Å². The van der Waals surface area contributed by atoms with E-state index in [0.717, 1.165) is 38.5 Å². The largest absolute Gasteiger partial charge is 0.492 e. The summed E-state index contributed by atoms with van der Waals surface area (Å²) >= 11 is 0. The van der Waals surface area contributed by atoms with Gasteiger partial charge in [-0.2, -0.15) is 0 Å². The molecule has 3 nitrogen and oxygen atoms in total. The zero-order valence-corrected chi connectivity index (χ0v) is 12.2. The third-order valence-electron chi connectivity index (χ3n) is 2.99. The van der Waals surface area contributed by atoms with Crippen molar-refractivity contribution in [3.8, 4) is 5.75 Å². The van der Waals surface area contributed by atoms with E-state index in [-0.39, 0.29) is 0 Å². The minimum atomic E-state index is 0.715. The van der Waals surface area contributed by atoms with Gasteiger partial charge in [0.2, 0.25) is 0 Å². The maximum atomic E-state index is 5.80. The summed E-state index contributed by atoms with van der Waals surface area (Å²) in [5.74, 6) is 0.949. The molecule has 0 fully saturated rings. The second-order valence-corrected chi connectivity index (χ2v) is 4.46. The summed E-state index contributed by atoms with van der Waals surface area (Å²) in [5.41, 5.74) is 1.26. The highest BCUT2D eigenvalue weighted by Gasteiger charge is 2.01. The Hall–Kier alpha value is -1.32. The van der Waals surface area contributed by atoms with Gasteiger partial charge in [0.05, 0.1) is 0 Å². The van der Waals surface area contributed by atoms with Crippen LogP contribution in [0.5, 0.6) is 5.75 Å². The number of benzene rings is 1. The summed E-state index contributed by atoms with van der Waals surface area (Å²) in [7, 11) is 0. The first-order chi connectivity index (χ1) is 9.30. The van der Waals surface area contributed by atoms with Crippen LogP contribution >= 0.6 is 0 Å². The maximum Gasteiger partial charge on any atom is 0.119 e. The van der Waals surface area contributed by atoms with Gasteiger partial charge in [0, 0.05) is 19.6 Å². The molecular formula is C16H26N2O. The molecule has 106 valence electrons. The molecule has 0 bridgehead atoms. The molecular weight excluding hydrogens is 236 g/mol. The summed E-state index contributed by atoms with van der Waals surface area (Å²) in [4.78, 5) is 2.30. The Bertz CT molecular complexity index is 366. The predicted molar refractivity (Wildman–Crippen MR) is 81.6 cm³/mol. The average Bonchev–Trinajstić information content (AvgIpc) is 2.44. The fraction of sp³-hybridized carbons (Fsp3) is 0.500. The standard InChI is InChI=1S/C16H26N2O/c1-4-10-18(6-3)11-12-19-16-9-7-8-15(13-16)14-17-5-2/h4,7-9,13,17H,1,5-6,10-12,14H2,2-3H3. The molecule has 0 unspecified atom stereocenters. The van der Waals surface area contributed by atoms with E-state index in [1.165, 1.54) is 5.56 Å². The predicted octanol–water partition coefficient (Wildman–Crippen LogP) is 2.68. The van der Waals surface area contributed by atoms with Crippen molar-refractivity contribution in [1.82, 2.24) is 10.2 Å². The molecule has 0 atom stereocenters. The van der Waals surface area contributed by atoms with E-state index in [0.29, 0.717) is 6.61 Å². The van der Waals surface area contributed by atoms with Crippen LogP contribution in [0.3, 0.4) is 0 Å². The van der Waals surface area contributed by atoms with Gasteiger partial charge in [0.15, 0.2) is 0 Å². The Morgan fingerprint density at radius 1 is 1.37 bits per heavy atom. The Labute approximate surface area is 117 Å². The van der Waals surface area contributed by atoms with Crippen molar-refractivity contribution in [3.05, 3.63) is 42.5 Å². The molecule has 0 aliphatic carbocycles. The van der Waals surface area contributed by atoms with Crippen molar-refractivity contribution in [1.29, 1.82) is 0 Å².